The molecule has 7 heteroatoms. The van der Waals surface area contributed by atoms with E-state index in [4.69, 9.17) is 10.7 Å². The van der Waals surface area contributed by atoms with Crippen LogP contribution in [0.5, 0.6) is 0 Å². The summed E-state index contributed by atoms with van der Waals surface area (Å²) in [4.78, 5) is 31.8. The highest BCUT2D eigenvalue weighted by Gasteiger charge is 2.22. The first-order valence-electron chi connectivity index (χ1n) is 8.83. The van der Waals surface area contributed by atoms with E-state index in [9.17, 15) is 9.59 Å². The quantitative estimate of drug-likeness (QED) is 0.519. The number of benzene rings is 1. The number of aromatic nitrogens is 2. The molecule has 0 spiro atoms. The molecule has 27 heavy (non-hydrogen) atoms. The Balaban J connectivity index is 2.40. The molecule has 1 amide bonds. The number of nitrogens with two attached hydrogens (primary N) is 1. The summed E-state index contributed by atoms with van der Waals surface area (Å²) in [6.45, 7) is 9.81. The molecule has 2 heterocycles. The number of aryl methyl sites for hydroxylation is 3. The number of carbonyl (C=O) groups is 1. The number of hydrogen-bond acceptors (Lipinski definition) is 5. The van der Waals surface area contributed by atoms with Gasteiger partial charge in [-0.1, -0.05) is 30.8 Å². The van der Waals surface area contributed by atoms with E-state index in [0.717, 1.165) is 38.5 Å². The zero-order valence-electron chi connectivity index (χ0n) is 16.1. The van der Waals surface area contributed by atoms with Gasteiger partial charge in [0.05, 0.1) is 16.3 Å². The Morgan fingerprint density at radius 1 is 1.33 bits per heavy atom. The van der Waals surface area contributed by atoms with Crippen LogP contribution in [0.1, 0.15) is 35.4 Å². The first kappa shape index (κ1) is 19.6. The topological polar surface area (TPSA) is 78.0 Å². The minimum Gasteiger partial charge on any atom is -0.369 e. The van der Waals surface area contributed by atoms with Crippen LogP contribution in [0.25, 0.3) is 15.9 Å². The third kappa shape index (κ3) is 3.41. The van der Waals surface area contributed by atoms with Gasteiger partial charge in [0.2, 0.25) is 5.91 Å². The fourth-order valence-corrected chi connectivity index (χ4v) is 5.13. The van der Waals surface area contributed by atoms with E-state index in [0.29, 0.717) is 10.5 Å². The first-order chi connectivity index (χ1) is 12.8. The molecule has 142 valence electrons. The molecule has 0 bridgehead atoms. The van der Waals surface area contributed by atoms with Gasteiger partial charge in [-0.2, -0.15) is 0 Å². The van der Waals surface area contributed by atoms with Gasteiger partial charge >= 0.3 is 0 Å². The molecule has 0 aliphatic rings. The predicted molar refractivity (Wildman–Crippen MR) is 113 cm³/mol. The Morgan fingerprint density at radius 3 is 2.67 bits per heavy atom. The molecule has 3 aromatic rings. The normalized spacial score (nSPS) is 12.5. The van der Waals surface area contributed by atoms with Crippen molar-refractivity contribution in [2.75, 3.05) is 0 Å². The number of fused-ring (bicyclic) bond motifs is 1. The average Bonchev–Trinajstić information content (AvgIpc) is 2.93. The lowest BCUT2D eigenvalue weighted by atomic mass is 10.1. The summed E-state index contributed by atoms with van der Waals surface area (Å²) in [6, 6.07) is 5.86. The summed E-state index contributed by atoms with van der Waals surface area (Å²) < 4.78 is 1.64. The monoisotopic (exact) mass is 401 g/mol. The average molecular weight is 402 g/mol. The molecule has 0 aliphatic heterocycles. The summed E-state index contributed by atoms with van der Waals surface area (Å²) in [6.07, 6.45) is 0.778. The van der Waals surface area contributed by atoms with E-state index in [2.05, 4.69) is 0 Å². The highest BCUT2D eigenvalue weighted by atomic mass is 32.2. The summed E-state index contributed by atoms with van der Waals surface area (Å²) in [5, 5.41) is 0.686. The second-order valence-corrected chi connectivity index (χ2v) is 9.10. The van der Waals surface area contributed by atoms with Crippen molar-refractivity contribution in [3.05, 3.63) is 50.1 Å². The van der Waals surface area contributed by atoms with Gasteiger partial charge in [0, 0.05) is 4.88 Å². The molecule has 0 saturated heterocycles. The third-order valence-corrected chi connectivity index (χ3v) is 6.96. The summed E-state index contributed by atoms with van der Waals surface area (Å²) >= 11 is 2.75. The molecule has 1 unspecified atom stereocenters. The third-order valence-electron chi connectivity index (χ3n) is 4.85. The van der Waals surface area contributed by atoms with E-state index in [1.54, 1.807) is 11.5 Å². The molecule has 0 radical (unpaired) electrons. The van der Waals surface area contributed by atoms with Crippen molar-refractivity contribution in [2.24, 2.45) is 5.73 Å². The number of carbonyl (C=O) groups excluding carboxylic acids is 1. The summed E-state index contributed by atoms with van der Waals surface area (Å²) in [7, 11) is 0. The van der Waals surface area contributed by atoms with Gasteiger partial charge < -0.3 is 5.73 Å². The van der Waals surface area contributed by atoms with Gasteiger partial charge in [-0.05, 0) is 56.9 Å². The molecule has 0 aliphatic carbocycles. The molecule has 2 aromatic heterocycles. The van der Waals surface area contributed by atoms with Crippen molar-refractivity contribution in [2.45, 2.75) is 51.4 Å². The van der Waals surface area contributed by atoms with Crippen LogP contribution in [0.2, 0.25) is 0 Å². The zero-order valence-corrected chi connectivity index (χ0v) is 17.8. The van der Waals surface area contributed by atoms with Crippen LogP contribution in [-0.4, -0.2) is 20.7 Å². The van der Waals surface area contributed by atoms with Crippen LogP contribution in [0.4, 0.5) is 0 Å². The van der Waals surface area contributed by atoms with Crippen molar-refractivity contribution in [1.29, 1.82) is 0 Å². The van der Waals surface area contributed by atoms with Gasteiger partial charge in [0.15, 0.2) is 5.16 Å². The van der Waals surface area contributed by atoms with Gasteiger partial charge in [-0.3, -0.25) is 14.2 Å². The van der Waals surface area contributed by atoms with Crippen LogP contribution < -0.4 is 11.3 Å². The van der Waals surface area contributed by atoms with Crippen molar-refractivity contribution in [3.63, 3.8) is 0 Å². The fraction of sp³-hybridized carbons (Fsp3) is 0.350. The number of hydrogen-bond donors (Lipinski definition) is 1. The molecular weight excluding hydrogens is 378 g/mol. The number of thioether (sulfide) groups is 1. The minimum atomic E-state index is -0.488. The minimum absolute atomic E-state index is 0.0888. The molecule has 1 atom stereocenters. The molecular formula is C20H23N3O2S2. The lowest BCUT2D eigenvalue weighted by Gasteiger charge is -2.17. The molecule has 0 saturated carbocycles. The highest BCUT2D eigenvalue weighted by Crippen LogP contribution is 2.32. The summed E-state index contributed by atoms with van der Waals surface area (Å²) in [5.74, 6) is -0.432. The van der Waals surface area contributed by atoms with Crippen LogP contribution >= 0.6 is 23.1 Å². The van der Waals surface area contributed by atoms with Crippen LogP contribution in [0.15, 0.2) is 28.2 Å². The van der Waals surface area contributed by atoms with Crippen molar-refractivity contribution in [3.8, 4) is 5.69 Å². The molecule has 2 N–H and O–H groups in total. The van der Waals surface area contributed by atoms with Crippen molar-refractivity contribution < 1.29 is 4.79 Å². The van der Waals surface area contributed by atoms with Gasteiger partial charge in [-0.25, -0.2) is 4.98 Å². The Kier molecular flexibility index (Phi) is 5.44. The second kappa shape index (κ2) is 7.48. The standard InChI is InChI=1S/C20H23N3O2S2/c1-6-14-12(4)26-18-16(14)19(25)23(15-9-7-8-10(2)11(15)3)20(22-18)27-13(5)17(21)24/h7-9,13H,6H2,1-5H3,(H2,21,24). The van der Waals surface area contributed by atoms with Crippen LogP contribution in [0, 0.1) is 20.8 Å². The van der Waals surface area contributed by atoms with E-state index in [-0.39, 0.29) is 5.56 Å². The first-order valence-corrected chi connectivity index (χ1v) is 10.5. The largest absolute Gasteiger partial charge is 0.369 e. The smallest absolute Gasteiger partial charge is 0.267 e. The number of rotatable bonds is 5. The van der Waals surface area contributed by atoms with Crippen molar-refractivity contribution >= 4 is 39.2 Å². The Labute approximate surface area is 166 Å². The maximum atomic E-state index is 13.6. The van der Waals surface area contributed by atoms with Gasteiger partial charge in [-0.15, -0.1) is 11.3 Å². The lowest BCUT2D eigenvalue weighted by molar-refractivity contribution is -0.117. The van der Waals surface area contributed by atoms with E-state index >= 15 is 0 Å². The lowest BCUT2D eigenvalue weighted by Crippen LogP contribution is -2.27. The van der Waals surface area contributed by atoms with Gasteiger partial charge in [0.25, 0.3) is 5.56 Å². The molecule has 5 nitrogen and oxygen atoms in total. The zero-order chi connectivity index (χ0) is 19.9. The SMILES string of the molecule is CCc1c(C)sc2nc(SC(C)C(N)=O)n(-c3cccc(C)c3C)c(=O)c12. The molecule has 1 aromatic carbocycles. The van der Waals surface area contributed by atoms with E-state index in [1.807, 2.05) is 45.9 Å². The predicted octanol–water partition coefficient (Wildman–Crippen LogP) is 3.90. The maximum absolute atomic E-state index is 13.6. The number of amides is 1. The Hall–Kier alpha value is -2.12. The maximum Gasteiger partial charge on any atom is 0.267 e. The fourth-order valence-electron chi connectivity index (χ4n) is 3.11. The number of primary amides is 1. The second-order valence-electron chi connectivity index (χ2n) is 6.59. The van der Waals surface area contributed by atoms with Crippen LogP contribution in [-0.2, 0) is 11.2 Å². The van der Waals surface area contributed by atoms with Crippen LogP contribution in [0.3, 0.4) is 0 Å². The molecule has 3 rings (SSSR count). The molecule has 0 fully saturated rings. The Bertz CT molecular complexity index is 1100. The van der Waals surface area contributed by atoms with Crippen molar-refractivity contribution in [1.82, 2.24) is 9.55 Å². The number of nitrogens with zero attached hydrogens (tertiary/aromatic N) is 2. The summed E-state index contributed by atoms with van der Waals surface area (Å²) in [5.41, 5.74) is 9.31. The van der Waals surface area contributed by atoms with Gasteiger partial charge in [0.1, 0.15) is 4.83 Å². The Morgan fingerprint density at radius 2 is 2.04 bits per heavy atom. The van der Waals surface area contributed by atoms with E-state index < -0.39 is 11.2 Å². The highest BCUT2D eigenvalue weighted by molar-refractivity contribution is 8.00. The van der Waals surface area contributed by atoms with E-state index in [1.165, 1.54) is 23.1 Å². The number of thiophene rings is 1.